The molecule has 0 radical (unpaired) electrons. The van der Waals surface area contributed by atoms with Crippen molar-refractivity contribution in [3.8, 4) is 0 Å². The van der Waals surface area contributed by atoms with Crippen LogP contribution in [-0.4, -0.2) is 10.5 Å². The predicted octanol–water partition coefficient (Wildman–Crippen LogP) is 2.50. The maximum absolute atomic E-state index is 10.1. The summed E-state index contributed by atoms with van der Waals surface area (Å²) in [6.07, 6.45) is 1.59. The van der Waals surface area contributed by atoms with Crippen LogP contribution in [0.15, 0.2) is 35.3 Å². The van der Waals surface area contributed by atoms with Gasteiger partial charge in [-0.05, 0) is 5.56 Å². The van der Waals surface area contributed by atoms with Crippen molar-refractivity contribution in [2.45, 2.75) is 6.04 Å². The molecule has 0 N–H and O–H groups in total. The molecule has 1 aromatic carbocycles. The molecule has 1 atom stereocenters. The molecule has 0 aliphatic rings. The molecule has 0 saturated heterocycles. The fraction of sp³-hybridized carbons (Fsp3) is 0.222. The topological polar surface area (TPSA) is 29.4 Å². The number of isocyanates is 1. The molecular weight excluding hydrogens is 265 g/mol. The van der Waals surface area contributed by atoms with Gasteiger partial charge in [0.05, 0.1) is 6.04 Å². The lowest BCUT2D eigenvalue weighted by Gasteiger charge is -2.05. The van der Waals surface area contributed by atoms with Gasteiger partial charge in [0.25, 0.3) is 0 Å². The molecule has 0 aliphatic carbocycles. The predicted molar refractivity (Wildman–Crippen MR) is 56.2 cm³/mol. The van der Waals surface area contributed by atoms with Gasteiger partial charge in [-0.3, -0.25) is 0 Å². The highest BCUT2D eigenvalue weighted by Gasteiger charge is 2.05. The Bertz CT molecular complexity index is 280. The van der Waals surface area contributed by atoms with Crippen LogP contribution >= 0.6 is 22.6 Å². The highest BCUT2D eigenvalue weighted by Crippen LogP contribution is 2.18. The normalized spacial score (nSPS) is 11.8. The van der Waals surface area contributed by atoms with Gasteiger partial charge in [0, 0.05) is 4.43 Å². The molecule has 1 aromatic rings. The van der Waals surface area contributed by atoms with E-state index in [9.17, 15) is 4.79 Å². The third-order valence-corrected chi connectivity index (χ3v) is 2.37. The summed E-state index contributed by atoms with van der Waals surface area (Å²) >= 11 is 2.20. The van der Waals surface area contributed by atoms with Crippen molar-refractivity contribution in [2.75, 3.05) is 4.43 Å². The Morgan fingerprint density at radius 1 is 1.42 bits per heavy atom. The third kappa shape index (κ3) is 2.43. The number of hydrogen-bond acceptors (Lipinski definition) is 2. The molecule has 0 aliphatic heterocycles. The number of alkyl halides is 1. The minimum absolute atomic E-state index is 0.0377. The second kappa shape index (κ2) is 5.06. The van der Waals surface area contributed by atoms with Crippen molar-refractivity contribution < 1.29 is 4.79 Å². The Hall–Kier alpha value is -0.670. The average Bonchev–Trinajstić information content (AvgIpc) is 2.15. The van der Waals surface area contributed by atoms with Gasteiger partial charge >= 0.3 is 0 Å². The van der Waals surface area contributed by atoms with E-state index in [1.165, 1.54) is 0 Å². The Balaban J connectivity index is 2.87. The number of nitrogens with zero attached hydrogens (tertiary/aromatic N) is 1. The molecule has 1 rings (SSSR count). The lowest BCUT2D eigenvalue weighted by atomic mass is 10.1. The smallest absolute Gasteiger partial charge is 0.211 e. The van der Waals surface area contributed by atoms with Gasteiger partial charge in [-0.1, -0.05) is 52.9 Å². The number of aliphatic imine (C=N–C) groups is 1. The zero-order valence-electron chi connectivity index (χ0n) is 6.40. The van der Waals surface area contributed by atoms with Crippen molar-refractivity contribution in [1.29, 1.82) is 0 Å². The van der Waals surface area contributed by atoms with Gasteiger partial charge < -0.3 is 0 Å². The zero-order valence-corrected chi connectivity index (χ0v) is 8.56. The van der Waals surface area contributed by atoms with Gasteiger partial charge in [-0.15, -0.1) is 0 Å². The SMILES string of the molecule is O=C=NC(CI)c1ccccc1. The summed E-state index contributed by atoms with van der Waals surface area (Å²) in [4.78, 5) is 13.8. The molecule has 0 aromatic heterocycles. The van der Waals surface area contributed by atoms with Crippen molar-refractivity contribution in [3.63, 3.8) is 0 Å². The Kier molecular flexibility index (Phi) is 3.97. The lowest BCUT2D eigenvalue weighted by molar-refractivity contribution is 0.560. The Morgan fingerprint density at radius 3 is 2.58 bits per heavy atom. The van der Waals surface area contributed by atoms with E-state index in [2.05, 4.69) is 27.6 Å². The van der Waals surface area contributed by atoms with Crippen LogP contribution in [-0.2, 0) is 4.79 Å². The molecule has 0 bridgehead atoms. The number of hydrogen-bond donors (Lipinski definition) is 0. The van der Waals surface area contributed by atoms with Gasteiger partial charge in [0.1, 0.15) is 0 Å². The first-order valence-electron chi connectivity index (χ1n) is 3.56. The summed E-state index contributed by atoms with van der Waals surface area (Å²) in [5.74, 6) is 0. The zero-order chi connectivity index (χ0) is 8.81. The van der Waals surface area contributed by atoms with Crippen LogP contribution in [0.5, 0.6) is 0 Å². The van der Waals surface area contributed by atoms with Crippen LogP contribution in [0.2, 0.25) is 0 Å². The van der Waals surface area contributed by atoms with Gasteiger partial charge in [-0.25, -0.2) is 4.79 Å². The largest absolute Gasteiger partial charge is 0.235 e. The number of rotatable bonds is 3. The maximum Gasteiger partial charge on any atom is 0.235 e. The van der Waals surface area contributed by atoms with Crippen LogP contribution in [0, 0.1) is 0 Å². The van der Waals surface area contributed by atoms with E-state index in [-0.39, 0.29) is 6.04 Å². The van der Waals surface area contributed by atoms with Crippen molar-refractivity contribution >= 4 is 28.7 Å². The van der Waals surface area contributed by atoms with Gasteiger partial charge in [0.2, 0.25) is 6.08 Å². The first kappa shape index (κ1) is 9.42. The molecule has 1 unspecified atom stereocenters. The minimum atomic E-state index is -0.0377. The van der Waals surface area contributed by atoms with Gasteiger partial charge in [0.15, 0.2) is 0 Å². The molecule has 3 heteroatoms. The van der Waals surface area contributed by atoms with E-state index in [1.54, 1.807) is 6.08 Å². The lowest BCUT2D eigenvalue weighted by Crippen LogP contribution is -1.95. The summed E-state index contributed by atoms with van der Waals surface area (Å²) in [5, 5.41) is 0. The van der Waals surface area contributed by atoms with Crippen molar-refractivity contribution in [3.05, 3.63) is 35.9 Å². The van der Waals surface area contributed by atoms with Crippen LogP contribution in [0.4, 0.5) is 0 Å². The Labute approximate surface area is 84.8 Å². The fourth-order valence-electron chi connectivity index (χ4n) is 0.937. The molecule has 0 amide bonds. The highest BCUT2D eigenvalue weighted by molar-refractivity contribution is 14.1. The second-order valence-corrected chi connectivity index (χ2v) is 3.18. The van der Waals surface area contributed by atoms with Crippen LogP contribution in [0.25, 0.3) is 0 Å². The standard InChI is InChI=1S/C9H8INO/c10-6-9(11-7-12)8-4-2-1-3-5-8/h1-5,9H,6H2. The summed E-state index contributed by atoms with van der Waals surface area (Å²) in [7, 11) is 0. The van der Waals surface area contributed by atoms with E-state index >= 15 is 0 Å². The van der Waals surface area contributed by atoms with E-state index in [0.717, 1.165) is 9.99 Å². The molecule has 12 heavy (non-hydrogen) atoms. The van der Waals surface area contributed by atoms with Crippen molar-refractivity contribution in [2.24, 2.45) is 4.99 Å². The van der Waals surface area contributed by atoms with E-state index in [0.29, 0.717) is 0 Å². The van der Waals surface area contributed by atoms with Gasteiger partial charge in [-0.2, -0.15) is 4.99 Å². The molecule has 0 heterocycles. The number of halogens is 1. The molecular formula is C9H8INO. The highest BCUT2D eigenvalue weighted by atomic mass is 127. The Morgan fingerprint density at radius 2 is 2.08 bits per heavy atom. The van der Waals surface area contributed by atoms with E-state index in [1.807, 2.05) is 30.3 Å². The summed E-state index contributed by atoms with van der Waals surface area (Å²) in [6, 6.07) is 9.71. The molecule has 0 saturated carbocycles. The maximum atomic E-state index is 10.1. The molecule has 0 fully saturated rings. The third-order valence-electron chi connectivity index (χ3n) is 1.54. The van der Waals surface area contributed by atoms with E-state index in [4.69, 9.17) is 0 Å². The summed E-state index contributed by atoms with van der Waals surface area (Å²) < 4.78 is 0.803. The number of benzene rings is 1. The van der Waals surface area contributed by atoms with Crippen LogP contribution < -0.4 is 0 Å². The van der Waals surface area contributed by atoms with Crippen LogP contribution in [0.1, 0.15) is 11.6 Å². The second-order valence-electron chi connectivity index (χ2n) is 2.30. The molecule has 62 valence electrons. The minimum Gasteiger partial charge on any atom is -0.211 e. The monoisotopic (exact) mass is 273 g/mol. The van der Waals surface area contributed by atoms with E-state index < -0.39 is 0 Å². The van der Waals surface area contributed by atoms with Crippen LogP contribution in [0.3, 0.4) is 0 Å². The quantitative estimate of drug-likeness (QED) is 0.360. The summed E-state index contributed by atoms with van der Waals surface area (Å²) in [5.41, 5.74) is 1.07. The first-order chi connectivity index (χ1) is 5.88. The molecule has 2 nitrogen and oxygen atoms in total. The fourth-order valence-corrected chi connectivity index (χ4v) is 1.64. The van der Waals surface area contributed by atoms with Crippen molar-refractivity contribution in [1.82, 2.24) is 0 Å². The number of carbonyl (C=O) groups excluding carboxylic acids is 1. The first-order valence-corrected chi connectivity index (χ1v) is 5.09. The average molecular weight is 273 g/mol. The molecule has 0 spiro atoms. The summed E-state index contributed by atoms with van der Waals surface area (Å²) in [6.45, 7) is 0.